The third-order valence-electron chi connectivity index (χ3n) is 5.94. The lowest BCUT2D eigenvalue weighted by Gasteiger charge is -2.29. The van der Waals surface area contributed by atoms with Gasteiger partial charge in [0, 0.05) is 29.7 Å². The van der Waals surface area contributed by atoms with Crippen LogP contribution in [0.4, 0.5) is 11.4 Å². The first-order valence-corrected chi connectivity index (χ1v) is 10.2. The van der Waals surface area contributed by atoms with E-state index in [2.05, 4.69) is 20.9 Å². The van der Waals surface area contributed by atoms with Crippen LogP contribution in [0.25, 0.3) is 0 Å². The first-order valence-electron chi connectivity index (χ1n) is 9.38. The first-order chi connectivity index (χ1) is 14.0. The summed E-state index contributed by atoms with van der Waals surface area (Å²) < 4.78 is 0.954. The largest absolute Gasteiger partial charge is 0.274 e. The van der Waals surface area contributed by atoms with Crippen LogP contribution in [0.2, 0.25) is 0 Å². The van der Waals surface area contributed by atoms with Crippen molar-refractivity contribution in [3.63, 3.8) is 0 Å². The molecule has 3 atom stereocenters. The van der Waals surface area contributed by atoms with E-state index in [4.69, 9.17) is 0 Å². The number of non-ortho nitro benzene ring substituents is 1. The standard InChI is InChI=1S/C20H17BrN4O4/c21-13-4-2-12(3-5-13)17-16-18(23-11-1-10-22(17)23)20(27)24(19(16)26)14-6-8-15(9-7-14)25(28)29/h2-9,16-18H,1,10-11H2/t16-,17+,18+/m1/s1. The molecule has 0 bridgehead atoms. The van der Waals surface area contributed by atoms with Gasteiger partial charge in [0.2, 0.25) is 5.91 Å². The Bertz CT molecular complexity index is 1010. The zero-order valence-corrected chi connectivity index (χ0v) is 16.9. The summed E-state index contributed by atoms with van der Waals surface area (Å²) in [6.45, 7) is 1.55. The lowest BCUT2D eigenvalue weighted by Crippen LogP contribution is -2.44. The Hall–Kier alpha value is -2.62. The van der Waals surface area contributed by atoms with E-state index in [0.717, 1.165) is 29.5 Å². The lowest BCUT2D eigenvalue weighted by molar-refractivity contribution is -0.384. The second-order valence-electron chi connectivity index (χ2n) is 7.43. The molecule has 9 heteroatoms. The molecule has 2 aromatic carbocycles. The minimum atomic E-state index is -0.533. The number of carbonyl (C=O) groups excluding carboxylic acids is 2. The molecule has 3 heterocycles. The molecule has 0 spiro atoms. The van der Waals surface area contributed by atoms with Crippen molar-refractivity contribution >= 4 is 39.1 Å². The van der Waals surface area contributed by atoms with Crippen LogP contribution < -0.4 is 4.90 Å². The van der Waals surface area contributed by atoms with Gasteiger partial charge in [-0.25, -0.2) is 14.9 Å². The minimum Gasteiger partial charge on any atom is -0.274 e. The summed E-state index contributed by atoms with van der Waals surface area (Å²) in [6.07, 6.45) is 0.940. The maximum absolute atomic E-state index is 13.4. The number of hydrogen-bond acceptors (Lipinski definition) is 6. The van der Waals surface area contributed by atoms with E-state index < -0.39 is 16.9 Å². The number of hydrogen-bond donors (Lipinski definition) is 0. The maximum Gasteiger partial charge on any atom is 0.269 e. The molecule has 148 valence electrons. The quantitative estimate of drug-likeness (QED) is 0.400. The number of fused-ring (bicyclic) bond motifs is 3. The minimum absolute atomic E-state index is 0.0773. The highest BCUT2D eigenvalue weighted by Gasteiger charge is 2.62. The van der Waals surface area contributed by atoms with Crippen LogP contribution in [0.5, 0.6) is 0 Å². The number of anilines is 1. The number of rotatable bonds is 3. The summed E-state index contributed by atoms with van der Waals surface area (Å²) in [7, 11) is 0. The number of benzene rings is 2. The predicted molar refractivity (Wildman–Crippen MR) is 108 cm³/mol. The average molecular weight is 457 g/mol. The molecule has 0 aromatic heterocycles. The van der Waals surface area contributed by atoms with Gasteiger partial charge in [-0.2, -0.15) is 0 Å². The molecule has 0 aliphatic carbocycles. The van der Waals surface area contributed by atoms with Gasteiger partial charge < -0.3 is 0 Å². The molecule has 5 rings (SSSR count). The molecule has 2 amide bonds. The van der Waals surface area contributed by atoms with E-state index in [1.54, 1.807) is 0 Å². The van der Waals surface area contributed by atoms with Crippen molar-refractivity contribution in [1.29, 1.82) is 0 Å². The summed E-state index contributed by atoms with van der Waals surface area (Å²) in [5.74, 6) is -1.02. The van der Waals surface area contributed by atoms with Crippen molar-refractivity contribution in [2.75, 3.05) is 18.0 Å². The molecule has 0 radical (unpaired) electrons. The number of imide groups is 1. The van der Waals surface area contributed by atoms with Gasteiger partial charge in [-0.1, -0.05) is 28.1 Å². The summed E-state index contributed by atoms with van der Waals surface area (Å²) in [5, 5.41) is 15.1. The van der Waals surface area contributed by atoms with E-state index in [1.165, 1.54) is 29.2 Å². The summed E-state index contributed by atoms with van der Waals surface area (Å²) >= 11 is 3.44. The van der Waals surface area contributed by atoms with Crippen LogP contribution in [0.3, 0.4) is 0 Å². The predicted octanol–water partition coefficient (Wildman–Crippen LogP) is 2.89. The second-order valence-corrected chi connectivity index (χ2v) is 8.35. The first kappa shape index (κ1) is 18.4. The van der Waals surface area contributed by atoms with E-state index in [-0.39, 0.29) is 23.5 Å². The van der Waals surface area contributed by atoms with Gasteiger partial charge in [0.05, 0.1) is 22.6 Å². The Morgan fingerprint density at radius 2 is 1.52 bits per heavy atom. The van der Waals surface area contributed by atoms with Gasteiger partial charge in [-0.05, 0) is 36.2 Å². The Kier molecular flexibility index (Phi) is 4.27. The molecule has 3 saturated heterocycles. The Labute approximate surface area is 174 Å². The highest BCUT2D eigenvalue weighted by atomic mass is 79.9. The average Bonchev–Trinajstić information content (AvgIpc) is 3.35. The summed E-state index contributed by atoms with van der Waals surface area (Å²) in [4.78, 5) is 38.3. The Balaban J connectivity index is 1.54. The third kappa shape index (κ3) is 2.72. The monoisotopic (exact) mass is 456 g/mol. The summed E-state index contributed by atoms with van der Waals surface area (Å²) in [6, 6.07) is 12.7. The number of nitrogens with zero attached hydrogens (tertiary/aromatic N) is 4. The molecule has 3 fully saturated rings. The maximum atomic E-state index is 13.4. The molecule has 0 unspecified atom stereocenters. The fourth-order valence-electron chi connectivity index (χ4n) is 4.75. The van der Waals surface area contributed by atoms with Crippen LogP contribution in [0.1, 0.15) is 18.0 Å². The molecule has 8 nitrogen and oxygen atoms in total. The van der Waals surface area contributed by atoms with Crippen molar-refractivity contribution in [2.24, 2.45) is 5.92 Å². The van der Waals surface area contributed by atoms with Gasteiger partial charge >= 0.3 is 0 Å². The molecular weight excluding hydrogens is 440 g/mol. The van der Waals surface area contributed by atoms with Gasteiger partial charge in [0.15, 0.2) is 0 Å². The normalized spacial score (nSPS) is 26.8. The van der Waals surface area contributed by atoms with E-state index in [9.17, 15) is 19.7 Å². The fraction of sp³-hybridized carbons (Fsp3) is 0.300. The third-order valence-corrected chi connectivity index (χ3v) is 6.46. The van der Waals surface area contributed by atoms with Crippen molar-refractivity contribution < 1.29 is 14.5 Å². The lowest BCUT2D eigenvalue weighted by atomic mass is 9.90. The SMILES string of the molecule is O=C1[C@H]2[C@@H](C(=O)N1c1ccc([N+](=O)[O-])cc1)N1CCCN1[C@H]2c1ccc(Br)cc1. The Morgan fingerprint density at radius 1 is 0.897 bits per heavy atom. The van der Waals surface area contributed by atoms with E-state index in [0.29, 0.717) is 5.69 Å². The zero-order chi connectivity index (χ0) is 20.3. The molecule has 0 saturated carbocycles. The fourth-order valence-corrected chi connectivity index (χ4v) is 5.02. The van der Waals surface area contributed by atoms with Crippen LogP contribution in [0.15, 0.2) is 53.0 Å². The number of carbonyl (C=O) groups is 2. The smallest absolute Gasteiger partial charge is 0.269 e. The van der Waals surface area contributed by atoms with Crippen molar-refractivity contribution in [1.82, 2.24) is 10.0 Å². The summed E-state index contributed by atoms with van der Waals surface area (Å²) in [5.41, 5.74) is 1.30. The molecular formula is C20H17BrN4O4. The number of hydrazine groups is 1. The van der Waals surface area contributed by atoms with Crippen molar-refractivity contribution in [3.8, 4) is 0 Å². The van der Waals surface area contributed by atoms with Crippen LogP contribution in [-0.4, -0.2) is 45.9 Å². The molecule has 29 heavy (non-hydrogen) atoms. The van der Waals surface area contributed by atoms with Gasteiger partial charge in [0.25, 0.3) is 11.6 Å². The highest BCUT2D eigenvalue weighted by Crippen LogP contribution is 2.49. The number of halogens is 1. The second kappa shape index (κ2) is 6.72. The Morgan fingerprint density at radius 3 is 2.14 bits per heavy atom. The van der Waals surface area contributed by atoms with E-state index in [1.807, 2.05) is 29.3 Å². The van der Waals surface area contributed by atoms with Crippen molar-refractivity contribution in [2.45, 2.75) is 18.5 Å². The van der Waals surface area contributed by atoms with Crippen LogP contribution in [-0.2, 0) is 9.59 Å². The molecule has 3 aliphatic heterocycles. The zero-order valence-electron chi connectivity index (χ0n) is 15.3. The van der Waals surface area contributed by atoms with Gasteiger partial charge in [-0.15, -0.1) is 0 Å². The van der Waals surface area contributed by atoms with Gasteiger partial charge in [0.1, 0.15) is 6.04 Å². The van der Waals surface area contributed by atoms with E-state index >= 15 is 0 Å². The van der Waals surface area contributed by atoms with Crippen LogP contribution >= 0.6 is 15.9 Å². The molecule has 0 N–H and O–H groups in total. The van der Waals surface area contributed by atoms with Gasteiger partial charge in [-0.3, -0.25) is 19.7 Å². The van der Waals surface area contributed by atoms with Crippen LogP contribution in [0, 0.1) is 16.0 Å². The number of nitro groups is 1. The highest BCUT2D eigenvalue weighted by molar-refractivity contribution is 9.10. The topological polar surface area (TPSA) is 87.0 Å². The number of amides is 2. The number of nitro benzene ring substituents is 1. The molecule has 3 aliphatic rings. The molecule has 2 aromatic rings. The van der Waals surface area contributed by atoms with Crippen molar-refractivity contribution in [3.05, 3.63) is 68.7 Å².